The first-order chi connectivity index (χ1) is 8.31. The molecule has 1 aliphatic rings. The van der Waals surface area contributed by atoms with Crippen LogP contribution in [-0.2, 0) is 12.8 Å². The van der Waals surface area contributed by atoms with E-state index in [0.717, 1.165) is 0 Å². The van der Waals surface area contributed by atoms with Gasteiger partial charge in [-0.05, 0) is 43.4 Å². The van der Waals surface area contributed by atoms with Crippen molar-refractivity contribution in [3.05, 3.63) is 47.7 Å². The minimum atomic E-state index is 0.588. The number of nitrogens with zero attached hydrogens (tertiary/aromatic N) is 1. The lowest BCUT2D eigenvalue weighted by Crippen LogP contribution is -2.09. The Balaban J connectivity index is 2.19. The summed E-state index contributed by atoms with van der Waals surface area (Å²) in [5.41, 5.74) is 5.92. The van der Waals surface area contributed by atoms with E-state index >= 15 is 0 Å². The first-order valence-corrected chi connectivity index (χ1v) is 6.59. The summed E-state index contributed by atoms with van der Waals surface area (Å²) in [5, 5.41) is 0. The van der Waals surface area contributed by atoms with Gasteiger partial charge in [-0.25, -0.2) is 0 Å². The average Bonchev–Trinajstić information content (AvgIpc) is 2.82. The number of hydrogen-bond acceptors (Lipinski definition) is 0. The number of benzene rings is 1. The predicted molar refractivity (Wildman–Crippen MR) is 72.3 cm³/mol. The van der Waals surface area contributed by atoms with E-state index in [1.165, 1.54) is 41.6 Å². The molecule has 17 heavy (non-hydrogen) atoms. The van der Waals surface area contributed by atoms with Crippen molar-refractivity contribution in [2.24, 2.45) is 0 Å². The summed E-state index contributed by atoms with van der Waals surface area (Å²) < 4.78 is 2.45. The number of hydrogen-bond donors (Lipinski definition) is 0. The number of aryl methyl sites for hydroxylation is 2. The molecule has 0 saturated carbocycles. The molecule has 1 nitrogen and oxygen atoms in total. The van der Waals surface area contributed by atoms with E-state index in [1.807, 2.05) is 0 Å². The molecule has 0 saturated heterocycles. The van der Waals surface area contributed by atoms with Crippen LogP contribution in [0.25, 0.3) is 11.3 Å². The van der Waals surface area contributed by atoms with Crippen LogP contribution < -0.4 is 0 Å². The van der Waals surface area contributed by atoms with Crippen LogP contribution in [0.15, 0.2) is 36.5 Å². The SMILES string of the molecule is CCC(C)n1ccc2c1-c1ccccc1CC2. The Labute approximate surface area is 103 Å². The second-order valence-corrected chi connectivity index (χ2v) is 5.01. The molecule has 0 radical (unpaired) electrons. The minimum Gasteiger partial charge on any atom is -0.344 e. The van der Waals surface area contributed by atoms with Gasteiger partial charge in [-0.15, -0.1) is 0 Å². The molecule has 88 valence electrons. The Morgan fingerprint density at radius 3 is 2.71 bits per heavy atom. The summed E-state index contributed by atoms with van der Waals surface area (Å²) in [7, 11) is 0. The number of fused-ring (bicyclic) bond motifs is 3. The van der Waals surface area contributed by atoms with Gasteiger partial charge in [0.05, 0.1) is 5.69 Å². The number of aromatic nitrogens is 1. The van der Waals surface area contributed by atoms with Gasteiger partial charge in [0.1, 0.15) is 0 Å². The van der Waals surface area contributed by atoms with Gasteiger partial charge in [-0.2, -0.15) is 0 Å². The Hall–Kier alpha value is -1.50. The maximum absolute atomic E-state index is 2.45. The van der Waals surface area contributed by atoms with Crippen molar-refractivity contribution in [3.8, 4) is 11.3 Å². The maximum atomic E-state index is 2.45. The fourth-order valence-corrected chi connectivity index (χ4v) is 2.81. The monoisotopic (exact) mass is 225 g/mol. The Morgan fingerprint density at radius 1 is 1.12 bits per heavy atom. The van der Waals surface area contributed by atoms with Crippen LogP contribution in [0, 0.1) is 0 Å². The van der Waals surface area contributed by atoms with Crippen molar-refractivity contribution in [2.45, 2.75) is 39.2 Å². The van der Waals surface area contributed by atoms with Gasteiger partial charge in [0, 0.05) is 17.8 Å². The summed E-state index contributed by atoms with van der Waals surface area (Å²) in [4.78, 5) is 0. The molecule has 0 amide bonds. The smallest absolute Gasteiger partial charge is 0.0518 e. The molecule has 3 rings (SSSR count). The Morgan fingerprint density at radius 2 is 1.88 bits per heavy atom. The molecule has 1 aliphatic carbocycles. The molecule has 1 heterocycles. The van der Waals surface area contributed by atoms with Crippen molar-refractivity contribution in [3.63, 3.8) is 0 Å². The highest BCUT2D eigenvalue weighted by atomic mass is 15.0. The van der Waals surface area contributed by atoms with Crippen LogP contribution in [0.3, 0.4) is 0 Å². The Bertz CT molecular complexity index is 536. The molecular formula is C16H19N. The lowest BCUT2D eigenvalue weighted by molar-refractivity contribution is 0.536. The lowest BCUT2D eigenvalue weighted by atomic mass is 9.90. The molecule has 0 fully saturated rings. The number of rotatable bonds is 2. The topological polar surface area (TPSA) is 4.93 Å². The largest absolute Gasteiger partial charge is 0.344 e. The molecule has 1 aromatic carbocycles. The first kappa shape index (κ1) is 10.6. The molecule has 1 heteroatoms. The molecule has 1 atom stereocenters. The van der Waals surface area contributed by atoms with Crippen molar-refractivity contribution in [1.29, 1.82) is 0 Å². The summed E-state index contributed by atoms with van der Waals surface area (Å²) >= 11 is 0. The molecule has 2 aromatic rings. The second-order valence-electron chi connectivity index (χ2n) is 5.01. The van der Waals surface area contributed by atoms with E-state index in [9.17, 15) is 0 Å². The Kier molecular flexibility index (Phi) is 2.54. The second kappa shape index (κ2) is 4.06. The van der Waals surface area contributed by atoms with Gasteiger partial charge in [0.25, 0.3) is 0 Å². The molecule has 0 bridgehead atoms. The standard InChI is InChI=1S/C16H19N/c1-3-12(2)17-11-10-14-9-8-13-6-4-5-7-15(13)16(14)17/h4-7,10-12H,3,8-9H2,1-2H3. The van der Waals surface area contributed by atoms with E-state index in [2.05, 4.69) is 54.9 Å². The predicted octanol–water partition coefficient (Wildman–Crippen LogP) is 4.22. The van der Waals surface area contributed by atoms with E-state index in [0.29, 0.717) is 6.04 Å². The first-order valence-electron chi connectivity index (χ1n) is 6.59. The van der Waals surface area contributed by atoms with Crippen LogP contribution >= 0.6 is 0 Å². The van der Waals surface area contributed by atoms with Crippen molar-refractivity contribution in [1.82, 2.24) is 4.57 Å². The zero-order chi connectivity index (χ0) is 11.8. The highest BCUT2D eigenvalue weighted by Crippen LogP contribution is 2.36. The lowest BCUT2D eigenvalue weighted by Gasteiger charge is -2.22. The van der Waals surface area contributed by atoms with E-state index in [-0.39, 0.29) is 0 Å². The quantitative estimate of drug-likeness (QED) is 0.721. The molecule has 0 N–H and O–H groups in total. The zero-order valence-corrected chi connectivity index (χ0v) is 10.6. The van der Waals surface area contributed by atoms with Gasteiger partial charge in [-0.3, -0.25) is 0 Å². The fraction of sp³-hybridized carbons (Fsp3) is 0.375. The van der Waals surface area contributed by atoms with Crippen molar-refractivity contribution in [2.75, 3.05) is 0 Å². The highest BCUT2D eigenvalue weighted by molar-refractivity contribution is 5.70. The van der Waals surface area contributed by atoms with E-state index in [1.54, 1.807) is 0 Å². The normalized spacial score (nSPS) is 15.2. The third-order valence-electron chi connectivity index (χ3n) is 4.00. The van der Waals surface area contributed by atoms with Gasteiger partial charge in [0.2, 0.25) is 0 Å². The van der Waals surface area contributed by atoms with Crippen LogP contribution in [0.2, 0.25) is 0 Å². The summed E-state index contributed by atoms with van der Waals surface area (Å²) in [6.45, 7) is 4.56. The van der Waals surface area contributed by atoms with Crippen molar-refractivity contribution >= 4 is 0 Å². The maximum Gasteiger partial charge on any atom is 0.0518 e. The van der Waals surface area contributed by atoms with E-state index in [4.69, 9.17) is 0 Å². The third-order valence-corrected chi connectivity index (χ3v) is 4.00. The fourth-order valence-electron chi connectivity index (χ4n) is 2.81. The molecule has 1 aromatic heterocycles. The molecular weight excluding hydrogens is 206 g/mol. The third kappa shape index (κ3) is 1.61. The van der Waals surface area contributed by atoms with Crippen LogP contribution in [0.4, 0.5) is 0 Å². The van der Waals surface area contributed by atoms with Crippen LogP contribution in [0.1, 0.15) is 37.4 Å². The van der Waals surface area contributed by atoms with Gasteiger partial charge in [-0.1, -0.05) is 31.2 Å². The zero-order valence-electron chi connectivity index (χ0n) is 10.6. The summed E-state index contributed by atoms with van der Waals surface area (Å²) in [6.07, 6.45) is 5.83. The minimum absolute atomic E-state index is 0.588. The molecule has 0 spiro atoms. The van der Waals surface area contributed by atoms with Gasteiger partial charge in [0.15, 0.2) is 0 Å². The highest BCUT2D eigenvalue weighted by Gasteiger charge is 2.20. The van der Waals surface area contributed by atoms with Gasteiger partial charge >= 0.3 is 0 Å². The molecule has 0 aliphatic heterocycles. The van der Waals surface area contributed by atoms with Crippen LogP contribution in [-0.4, -0.2) is 4.57 Å². The average molecular weight is 225 g/mol. The van der Waals surface area contributed by atoms with Crippen LogP contribution in [0.5, 0.6) is 0 Å². The van der Waals surface area contributed by atoms with E-state index < -0.39 is 0 Å². The summed E-state index contributed by atoms with van der Waals surface area (Å²) in [6, 6.07) is 11.7. The van der Waals surface area contributed by atoms with Gasteiger partial charge < -0.3 is 4.57 Å². The molecule has 1 unspecified atom stereocenters. The van der Waals surface area contributed by atoms with Crippen molar-refractivity contribution < 1.29 is 0 Å². The summed E-state index contributed by atoms with van der Waals surface area (Å²) in [5.74, 6) is 0.